The highest BCUT2D eigenvalue weighted by Crippen LogP contribution is 2.18. The number of methoxy groups -OCH3 is 1. The first-order valence-electron chi connectivity index (χ1n) is 10.7. The van der Waals surface area contributed by atoms with Gasteiger partial charge in [-0.2, -0.15) is 0 Å². The highest BCUT2D eigenvalue weighted by atomic mass is 16.5. The van der Waals surface area contributed by atoms with Crippen LogP contribution in [0.25, 0.3) is 0 Å². The van der Waals surface area contributed by atoms with E-state index < -0.39 is 6.03 Å². The maximum atomic E-state index is 13.3. The molecule has 7 nitrogen and oxygen atoms in total. The maximum absolute atomic E-state index is 13.3. The Morgan fingerprint density at radius 1 is 1.03 bits per heavy atom. The van der Waals surface area contributed by atoms with E-state index in [9.17, 15) is 9.59 Å². The van der Waals surface area contributed by atoms with Crippen LogP contribution in [0.3, 0.4) is 0 Å². The minimum absolute atomic E-state index is 0.103. The second-order valence-corrected chi connectivity index (χ2v) is 7.58. The number of hydrogen-bond acceptors (Lipinski definition) is 4. The van der Waals surface area contributed by atoms with Crippen molar-refractivity contribution in [3.63, 3.8) is 0 Å². The number of carbonyl (C=O) groups excluding carboxylic acids is 2. The van der Waals surface area contributed by atoms with Gasteiger partial charge in [0.25, 0.3) is 0 Å². The van der Waals surface area contributed by atoms with Gasteiger partial charge in [-0.05, 0) is 36.8 Å². The van der Waals surface area contributed by atoms with E-state index in [0.717, 1.165) is 11.3 Å². The van der Waals surface area contributed by atoms with Crippen LogP contribution in [0.2, 0.25) is 0 Å². The molecule has 1 N–H and O–H groups in total. The Labute approximate surface area is 194 Å². The molecule has 0 aliphatic heterocycles. The van der Waals surface area contributed by atoms with Crippen molar-refractivity contribution in [2.45, 2.75) is 20.0 Å². The van der Waals surface area contributed by atoms with Gasteiger partial charge >= 0.3 is 6.03 Å². The largest absolute Gasteiger partial charge is 0.497 e. The summed E-state index contributed by atoms with van der Waals surface area (Å²) in [5.74, 6) is 1.90. The number of carbonyl (C=O) groups is 2. The number of anilines is 1. The van der Waals surface area contributed by atoms with E-state index >= 15 is 0 Å². The molecule has 0 fully saturated rings. The summed E-state index contributed by atoms with van der Waals surface area (Å²) in [7, 11) is 1.56. The lowest BCUT2D eigenvalue weighted by atomic mass is 10.2. The summed E-state index contributed by atoms with van der Waals surface area (Å²) in [6, 6.07) is 20.1. The first kappa shape index (κ1) is 23.7. The zero-order valence-corrected chi connectivity index (χ0v) is 19.0. The lowest BCUT2D eigenvalue weighted by molar-refractivity contribution is -0.133. The minimum Gasteiger partial charge on any atom is -0.497 e. The van der Waals surface area contributed by atoms with Crippen molar-refractivity contribution in [3.05, 3.63) is 96.5 Å². The lowest BCUT2D eigenvalue weighted by Crippen LogP contribution is -2.44. The smallest absolute Gasteiger partial charge is 0.322 e. The monoisotopic (exact) mass is 447 g/mol. The number of nitrogens with one attached hydrogen (secondary N) is 1. The van der Waals surface area contributed by atoms with Crippen molar-refractivity contribution in [2.75, 3.05) is 25.5 Å². The van der Waals surface area contributed by atoms with Crippen molar-refractivity contribution in [1.82, 2.24) is 9.80 Å². The van der Waals surface area contributed by atoms with E-state index in [1.54, 1.807) is 42.4 Å². The van der Waals surface area contributed by atoms with Gasteiger partial charge in [0.2, 0.25) is 5.91 Å². The van der Waals surface area contributed by atoms with Gasteiger partial charge in [-0.15, -0.1) is 6.58 Å². The number of furan rings is 1. The number of amides is 3. The van der Waals surface area contributed by atoms with Gasteiger partial charge in [-0.1, -0.05) is 42.5 Å². The fourth-order valence-corrected chi connectivity index (χ4v) is 3.34. The summed E-state index contributed by atoms with van der Waals surface area (Å²) in [5, 5.41) is 2.82. The Bertz CT molecular complexity index is 1080. The Kier molecular flexibility index (Phi) is 8.30. The number of hydrogen-bond donors (Lipinski definition) is 1. The van der Waals surface area contributed by atoms with Gasteiger partial charge < -0.3 is 24.3 Å². The Balaban J connectivity index is 1.74. The van der Waals surface area contributed by atoms with Gasteiger partial charge in [0.05, 0.1) is 13.7 Å². The van der Waals surface area contributed by atoms with Crippen LogP contribution < -0.4 is 10.1 Å². The predicted octanol–water partition coefficient (Wildman–Crippen LogP) is 4.85. The number of nitrogens with zero attached hydrogens (tertiary/aromatic N) is 2. The number of rotatable bonds is 10. The second kappa shape index (κ2) is 11.6. The Morgan fingerprint density at radius 3 is 2.48 bits per heavy atom. The molecule has 0 aliphatic carbocycles. The van der Waals surface area contributed by atoms with Gasteiger partial charge in [0.1, 0.15) is 23.8 Å². The van der Waals surface area contributed by atoms with Crippen molar-refractivity contribution >= 4 is 17.6 Å². The molecule has 0 aliphatic rings. The van der Waals surface area contributed by atoms with Crippen molar-refractivity contribution in [3.8, 4) is 5.75 Å². The topological polar surface area (TPSA) is 75.0 Å². The normalized spacial score (nSPS) is 10.4. The first-order chi connectivity index (χ1) is 16.0. The van der Waals surface area contributed by atoms with Crippen LogP contribution in [-0.4, -0.2) is 41.9 Å². The van der Waals surface area contributed by atoms with Crippen LogP contribution >= 0.6 is 0 Å². The third kappa shape index (κ3) is 7.00. The van der Waals surface area contributed by atoms with E-state index in [1.165, 1.54) is 4.90 Å². The third-order valence-corrected chi connectivity index (χ3v) is 5.00. The Morgan fingerprint density at radius 2 is 1.82 bits per heavy atom. The van der Waals surface area contributed by atoms with Crippen molar-refractivity contribution in [2.24, 2.45) is 0 Å². The van der Waals surface area contributed by atoms with Gasteiger partial charge in [0.15, 0.2) is 0 Å². The molecule has 7 heteroatoms. The summed E-state index contributed by atoms with van der Waals surface area (Å²) in [5.41, 5.74) is 1.57. The maximum Gasteiger partial charge on any atom is 0.322 e. The highest BCUT2D eigenvalue weighted by molar-refractivity contribution is 5.92. The molecule has 3 aromatic rings. The lowest BCUT2D eigenvalue weighted by Gasteiger charge is -2.27. The zero-order valence-electron chi connectivity index (χ0n) is 19.0. The Hall–Kier alpha value is -4.00. The molecular weight excluding hydrogens is 418 g/mol. The minimum atomic E-state index is -0.398. The average Bonchev–Trinajstić information content (AvgIpc) is 3.23. The number of urea groups is 1. The second-order valence-electron chi connectivity index (χ2n) is 7.58. The number of aryl methyl sites for hydroxylation is 1. The summed E-state index contributed by atoms with van der Waals surface area (Å²) >= 11 is 0. The van der Waals surface area contributed by atoms with Crippen LogP contribution in [0, 0.1) is 6.92 Å². The molecular formula is C26H29N3O4. The van der Waals surface area contributed by atoms with Gasteiger partial charge in [-0.3, -0.25) is 4.79 Å². The predicted molar refractivity (Wildman–Crippen MR) is 128 cm³/mol. The molecule has 1 heterocycles. The number of benzene rings is 2. The van der Waals surface area contributed by atoms with E-state index in [-0.39, 0.29) is 19.0 Å². The van der Waals surface area contributed by atoms with Crippen LogP contribution in [0.5, 0.6) is 5.75 Å². The fourth-order valence-electron chi connectivity index (χ4n) is 3.34. The molecule has 0 unspecified atom stereocenters. The molecule has 3 amide bonds. The number of ether oxygens (including phenoxy) is 1. The fraction of sp³-hybridized carbons (Fsp3) is 0.231. The first-order valence-corrected chi connectivity index (χ1v) is 10.7. The van der Waals surface area contributed by atoms with E-state index in [1.807, 2.05) is 49.4 Å². The molecule has 0 bridgehead atoms. The molecule has 2 aromatic carbocycles. The van der Waals surface area contributed by atoms with Crippen LogP contribution in [-0.2, 0) is 17.9 Å². The summed E-state index contributed by atoms with van der Waals surface area (Å²) in [6.07, 6.45) is 1.59. The van der Waals surface area contributed by atoms with Crippen molar-refractivity contribution in [1.29, 1.82) is 0 Å². The summed E-state index contributed by atoms with van der Waals surface area (Å²) in [4.78, 5) is 29.3. The molecule has 33 heavy (non-hydrogen) atoms. The molecule has 3 rings (SSSR count). The molecule has 0 radical (unpaired) electrons. The summed E-state index contributed by atoms with van der Waals surface area (Å²) in [6.45, 7) is 6.42. The van der Waals surface area contributed by atoms with Crippen molar-refractivity contribution < 1.29 is 18.7 Å². The van der Waals surface area contributed by atoms with E-state index in [2.05, 4.69) is 11.9 Å². The van der Waals surface area contributed by atoms with Gasteiger partial charge in [-0.25, -0.2) is 4.79 Å². The van der Waals surface area contributed by atoms with E-state index in [0.29, 0.717) is 30.3 Å². The molecule has 0 saturated heterocycles. The van der Waals surface area contributed by atoms with Crippen LogP contribution in [0.15, 0.2) is 83.8 Å². The highest BCUT2D eigenvalue weighted by Gasteiger charge is 2.22. The average molecular weight is 448 g/mol. The zero-order chi connectivity index (χ0) is 23.6. The molecule has 172 valence electrons. The standard InChI is InChI=1S/C26H29N3O4/c1-4-15-28(26(31)27-22-11-8-12-23(16-22)32-3)19-25(30)29(17-21-9-6-5-7-10-21)18-24-14-13-20(2)33-24/h4-14,16H,1,15,17-19H2,2-3H3,(H,27,31). The van der Waals surface area contributed by atoms with Gasteiger partial charge in [0, 0.05) is 24.8 Å². The quantitative estimate of drug-likeness (QED) is 0.451. The molecule has 0 saturated carbocycles. The third-order valence-electron chi connectivity index (χ3n) is 5.00. The van der Waals surface area contributed by atoms with Crippen LogP contribution in [0.1, 0.15) is 17.1 Å². The van der Waals surface area contributed by atoms with E-state index in [4.69, 9.17) is 9.15 Å². The SMILES string of the molecule is C=CCN(CC(=O)N(Cc1ccccc1)Cc1ccc(C)o1)C(=O)Nc1cccc(OC)c1. The van der Waals surface area contributed by atoms with Crippen LogP contribution in [0.4, 0.5) is 10.5 Å². The molecule has 1 aromatic heterocycles. The summed E-state index contributed by atoms with van der Waals surface area (Å²) < 4.78 is 10.9. The molecule has 0 atom stereocenters. The molecule has 0 spiro atoms.